The van der Waals surface area contributed by atoms with Gasteiger partial charge in [0.25, 0.3) is 0 Å². The number of aromatic nitrogens is 1. The van der Waals surface area contributed by atoms with Crippen molar-refractivity contribution in [2.24, 2.45) is 11.8 Å². The highest BCUT2D eigenvalue weighted by molar-refractivity contribution is 5.90. The summed E-state index contributed by atoms with van der Waals surface area (Å²) in [6.07, 6.45) is 4.36. The van der Waals surface area contributed by atoms with Crippen LogP contribution in [-0.2, 0) is 20.7 Å². The van der Waals surface area contributed by atoms with Crippen LogP contribution >= 0.6 is 0 Å². The maximum Gasteiger partial charge on any atom is 0.307 e. The molecule has 6 heteroatoms. The number of nitrogens with zero attached hydrogens (tertiary/aromatic N) is 1. The fourth-order valence-electron chi connectivity index (χ4n) is 5.03. The van der Waals surface area contributed by atoms with Crippen molar-refractivity contribution >= 4 is 16.9 Å². The van der Waals surface area contributed by atoms with Crippen LogP contribution in [-0.4, -0.2) is 41.2 Å². The molecule has 0 bridgehead atoms. The average Bonchev–Trinajstić information content (AvgIpc) is 3.06. The molecule has 2 aromatic rings. The highest BCUT2D eigenvalue weighted by Crippen LogP contribution is 2.46. The van der Waals surface area contributed by atoms with E-state index in [-0.39, 0.29) is 17.9 Å². The van der Waals surface area contributed by atoms with Crippen molar-refractivity contribution in [3.8, 4) is 5.75 Å². The van der Waals surface area contributed by atoms with Crippen LogP contribution in [0.1, 0.15) is 44.0 Å². The van der Waals surface area contributed by atoms with Crippen molar-refractivity contribution in [2.75, 3.05) is 20.2 Å². The largest absolute Gasteiger partial charge is 0.507 e. The quantitative estimate of drug-likeness (QED) is 0.618. The van der Waals surface area contributed by atoms with Crippen molar-refractivity contribution in [3.05, 3.63) is 41.5 Å². The molecule has 0 unspecified atom stereocenters. The highest BCUT2D eigenvalue weighted by atomic mass is 16.5. The Kier molecular flexibility index (Phi) is 5.06. The molecule has 0 saturated carbocycles. The summed E-state index contributed by atoms with van der Waals surface area (Å²) < 4.78 is 10.8. The van der Waals surface area contributed by atoms with Gasteiger partial charge < -0.3 is 19.6 Å². The standard InChI is InChI=1S/C22H28N2O4/c1-4-14-11-24-9-8-15-21-17(6-5-7-19(21)26)23-22(15)18(24)10-16(14)20(12-27-3)28-13(2)25/h5-7,12,14,16,18,23,26H,4,8-11H2,1-3H3/b20-12+/t14-,16-,18-/m0/s1. The van der Waals surface area contributed by atoms with Crippen molar-refractivity contribution in [2.45, 2.75) is 39.2 Å². The Morgan fingerprint density at radius 2 is 2.25 bits per heavy atom. The number of aromatic amines is 1. The van der Waals surface area contributed by atoms with Crippen LogP contribution < -0.4 is 0 Å². The van der Waals surface area contributed by atoms with Gasteiger partial charge in [-0.2, -0.15) is 0 Å². The van der Waals surface area contributed by atoms with Gasteiger partial charge in [0, 0.05) is 42.5 Å². The normalized spacial score (nSPS) is 25.2. The number of fused-ring (bicyclic) bond motifs is 5. The molecule has 2 aliphatic heterocycles. The van der Waals surface area contributed by atoms with Crippen LogP contribution in [0.4, 0.5) is 0 Å². The molecule has 3 heterocycles. The van der Waals surface area contributed by atoms with Gasteiger partial charge in [0.1, 0.15) is 17.8 Å². The minimum Gasteiger partial charge on any atom is -0.507 e. The van der Waals surface area contributed by atoms with Crippen LogP contribution in [0.15, 0.2) is 30.2 Å². The van der Waals surface area contributed by atoms with Gasteiger partial charge in [0.2, 0.25) is 0 Å². The third-order valence-electron chi connectivity index (χ3n) is 6.26. The molecular weight excluding hydrogens is 356 g/mol. The van der Waals surface area contributed by atoms with Crippen LogP contribution in [0.25, 0.3) is 10.9 Å². The molecule has 3 atom stereocenters. The second kappa shape index (κ2) is 7.51. The predicted octanol–water partition coefficient (Wildman–Crippen LogP) is 3.87. The molecule has 1 fully saturated rings. The molecule has 28 heavy (non-hydrogen) atoms. The summed E-state index contributed by atoms with van der Waals surface area (Å²) in [5, 5.41) is 11.3. The van der Waals surface area contributed by atoms with E-state index in [0.717, 1.165) is 43.3 Å². The number of carbonyl (C=O) groups excluding carboxylic acids is 1. The number of phenols is 1. The highest BCUT2D eigenvalue weighted by Gasteiger charge is 2.42. The molecule has 2 N–H and O–H groups in total. The number of hydrogen-bond acceptors (Lipinski definition) is 5. The summed E-state index contributed by atoms with van der Waals surface area (Å²) in [5.41, 5.74) is 3.38. The van der Waals surface area contributed by atoms with E-state index in [0.29, 0.717) is 17.4 Å². The van der Waals surface area contributed by atoms with E-state index in [1.165, 1.54) is 18.2 Å². The SMILES string of the molecule is CC[C@H]1CN2CCc3c([nH]c4cccc(O)c34)[C@@H]2C[C@@H]1/C(=C\OC)OC(C)=O. The molecule has 0 amide bonds. The average molecular weight is 384 g/mol. The van der Waals surface area contributed by atoms with Gasteiger partial charge in [-0.25, -0.2) is 0 Å². The molecule has 1 aromatic carbocycles. The summed E-state index contributed by atoms with van der Waals surface area (Å²) >= 11 is 0. The molecule has 6 nitrogen and oxygen atoms in total. The summed E-state index contributed by atoms with van der Waals surface area (Å²) in [6.45, 7) is 5.54. The lowest BCUT2D eigenvalue weighted by Crippen LogP contribution is -2.46. The van der Waals surface area contributed by atoms with Gasteiger partial charge >= 0.3 is 5.97 Å². The lowest BCUT2D eigenvalue weighted by Gasteiger charge is -2.46. The molecule has 1 aromatic heterocycles. The number of ether oxygens (including phenoxy) is 2. The summed E-state index contributed by atoms with van der Waals surface area (Å²) in [4.78, 5) is 17.7. The molecule has 150 valence electrons. The van der Waals surface area contributed by atoms with Gasteiger partial charge in [-0.05, 0) is 36.5 Å². The number of phenolic OH excluding ortho intramolecular Hbond substituents is 1. The first-order chi connectivity index (χ1) is 13.5. The van der Waals surface area contributed by atoms with Crippen molar-refractivity contribution in [1.82, 2.24) is 9.88 Å². The first kappa shape index (κ1) is 18.9. The molecule has 0 spiro atoms. The van der Waals surface area contributed by atoms with E-state index in [4.69, 9.17) is 9.47 Å². The lowest BCUT2D eigenvalue weighted by atomic mass is 9.76. The maximum atomic E-state index is 11.6. The molecular formula is C22H28N2O4. The first-order valence-corrected chi connectivity index (χ1v) is 10.0. The maximum absolute atomic E-state index is 11.6. The predicted molar refractivity (Wildman–Crippen MR) is 107 cm³/mol. The Balaban J connectivity index is 1.73. The number of nitrogens with one attached hydrogen (secondary N) is 1. The number of esters is 1. The Labute approximate surface area is 165 Å². The van der Waals surface area contributed by atoms with E-state index in [1.807, 2.05) is 12.1 Å². The minimum absolute atomic E-state index is 0.112. The minimum atomic E-state index is -0.319. The Hall–Kier alpha value is -2.47. The molecule has 4 rings (SSSR count). The monoisotopic (exact) mass is 384 g/mol. The number of carbonyl (C=O) groups is 1. The fraction of sp³-hybridized carbons (Fsp3) is 0.500. The lowest BCUT2D eigenvalue weighted by molar-refractivity contribution is -0.138. The molecule has 0 aliphatic carbocycles. The zero-order valence-corrected chi connectivity index (χ0v) is 16.7. The Morgan fingerprint density at radius 3 is 2.96 bits per heavy atom. The first-order valence-electron chi connectivity index (χ1n) is 10.0. The Morgan fingerprint density at radius 1 is 1.43 bits per heavy atom. The second-order valence-corrected chi connectivity index (χ2v) is 7.84. The number of hydrogen-bond donors (Lipinski definition) is 2. The number of rotatable bonds is 4. The van der Waals surface area contributed by atoms with Gasteiger partial charge in [-0.15, -0.1) is 0 Å². The van der Waals surface area contributed by atoms with Gasteiger partial charge in [0.15, 0.2) is 0 Å². The summed E-state index contributed by atoms with van der Waals surface area (Å²) in [7, 11) is 1.58. The van der Waals surface area contributed by atoms with Crippen LogP contribution in [0.2, 0.25) is 0 Å². The fourth-order valence-corrected chi connectivity index (χ4v) is 5.03. The zero-order valence-electron chi connectivity index (χ0n) is 16.7. The Bertz CT molecular complexity index is 917. The van der Waals surface area contributed by atoms with E-state index in [2.05, 4.69) is 16.8 Å². The van der Waals surface area contributed by atoms with Crippen LogP contribution in [0.3, 0.4) is 0 Å². The second-order valence-electron chi connectivity index (χ2n) is 7.84. The summed E-state index contributed by atoms with van der Waals surface area (Å²) in [5.74, 6) is 1.15. The smallest absolute Gasteiger partial charge is 0.307 e. The third-order valence-corrected chi connectivity index (χ3v) is 6.26. The van der Waals surface area contributed by atoms with Crippen molar-refractivity contribution in [3.63, 3.8) is 0 Å². The molecule has 0 radical (unpaired) electrons. The zero-order chi connectivity index (χ0) is 19.8. The van der Waals surface area contributed by atoms with E-state index in [1.54, 1.807) is 19.4 Å². The van der Waals surface area contributed by atoms with Gasteiger partial charge in [-0.1, -0.05) is 19.4 Å². The van der Waals surface area contributed by atoms with E-state index in [9.17, 15) is 9.90 Å². The van der Waals surface area contributed by atoms with Crippen LogP contribution in [0.5, 0.6) is 5.75 Å². The van der Waals surface area contributed by atoms with Crippen LogP contribution in [0, 0.1) is 11.8 Å². The number of piperidine rings is 1. The van der Waals surface area contributed by atoms with Crippen molar-refractivity contribution in [1.29, 1.82) is 0 Å². The number of methoxy groups -OCH3 is 1. The van der Waals surface area contributed by atoms with Gasteiger partial charge in [0.05, 0.1) is 13.2 Å². The topological polar surface area (TPSA) is 74.8 Å². The van der Waals surface area contributed by atoms with Crippen molar-refractivity contribution < 1.29 is 19.4 Å². The third kappa shape index (κ3) is 3.15. The van der Waals surface area contributed by atoms with Gasteiger partial charge in [-0.3, -0.25) is 9.69 Å². The summed E-state index contributed by atoms with van der Waals surface area (Å²) in [6, 6.07) is 5.84. The molecule has 2 aliphatic rings. The van der Waals surface area contributed by atoms with E-state index < -0.39 is 0 Å². The number of allylic oxidation sites excluding steroid dienone is 1. The number of aromatic hydroxyl groups is 1. The number of H-pyrrole nitrogens is 1. The van der Waals surface area contributed by atoms with E-state index >= 15 is 0 Å². The molecule has 1 saturated heterocycles. The number of benzene rings is 1.